The minimum absolute atomic E-state index is 0.0274. The smallest absolute Gasteiger partial charge is 0.225 e. The Morgan fingerprint density at radius 2 is 1.90 bits per heavy atom. The van der Waals surface area contributed by atoms with E-state index >= 15 is 0 Å². The van der Waals surface area contributed by atoms with Gasteiger partial charge in [0.2, 0.25) is 5.91 Å². The molecule has 0 aliphatic rings. The minimum Gasteiger partial charge on any atom is -0.489 e. The highest BCUT2D eigenvalue weighted by Crippen LogP contribution is 2.18. The van der Waals surface area contributed by atoms with E-state index in [1.807, 2.05) is 54.6 Å². The summed E-state index contributed by atoms with van der Waals surface area (Å²) >= 11 is 2.19. The normalized spacial score (nSPS) is 10.1. The second kappa shape index (κ2) is 7.89. The zero-order valence-electron chi connectivity index (χ0n) is 11.0. The highest BCUT2D eigenvalue weighted by molar-refractivity contribution is 14.1. The third-order valence-electron chi connectivity index (χ3n) is 2.69. The Morgan fingerprint density at radius 3 is 2.65 bits per heavy atom. The van der Waals surface area contributed by atoms with E-state index in [9.17, 15) is 4.79 Å². The van der Waals surface area contributed by atoms with Gasteiger partial charge in [0, 0.05) is 22.6 Å². The Bertz CT molecular complexity index is 557. The van der Waals surface area contributed by atoms with Crippen LogP contribution in [0.2, 0.25) is 0 Å². The van der Waals surface area contributed by atoms with Crippen molar-refractivity contribution in [2.45, 2.75) is 13.0 Å². The van der Waals surface area contributed by atoms with Gasteiger partial charge < -0.3 is 10.1 Å². The van der Waals surface area contributed by atoms with Crippen molar-refractivity contribution in [1.29, 1.82) is 0 Å². The van der Waals surface area contributed by atoms with Crippen molar-refractivity contribution < 1.29 is 9.53 Å². The Morgan fingerprint density at radius 1 is 1.10 bits per heavy atom. The Kier molecular flexibility index (Phi) is 5.86. The molecule has 20 heavy (non-hydrogen) atoms. The number of nitrogens with one attached hydrogen (secondary N) is 1. The van der Waals surface area contributed by atoms with Crippen LogP contribution in [-0.2, 0) is 11.4 Å². The lowest BCUT2D eigenvalue weighted by atomic mass is 10.2. The molecule has 0 heterocycles. The van der Waals surface area contributed by atoms with Crippen molar-refractivity contribution in [1.82, 2.24) is 0 Å². The largest absolute Gasteiger partial charge is 0.489 e. The SMILES string of the molecule is O=C(CCI)Nc1cccc(OCc2ccccc2)c1. The second-order valence-corrected chi connectivity index (χ2v) is 5.37. The Hall–Kier alpha value is -1.56. The molecule has 2 aromatic carbocycles. The number of halogens is 1. The first kappa shape index (κ1) is 14.8. The Balaban J connectivity index is 1.94. The zero-order valence-corrected chi connectivity index (χ0v) is 13.2. The van der Waals surface area contributed by atoms with Crippen LogP contribution in [0.4, 0.5) is 5.69 Å². The molecule has 0 saturated heterocycles. The first-order valence-corrected chi connectivity index (χ1v) is 7.93. The minimum atomic E-state index is 0.0274. The molecule has 2 rings (SSSR count). The summed E-state index contributed by atoms with van der Waals surface area (Å²) in [5.41, 5.74) is 1.89. The predicted molar refractivity (Wildman–Crippen MR) is 89.3 cm³/mol. The van der Waals surface area contributed by atoms with Crippen LogP contribution >= 0.6 is 22.6 Å². The molecule has 0 aromatic heterocycles. The molecule has 0 atom stereocenters. The molecule has 0 saturated carbocycles. The zero-order chi connectivity index (χ0) is 14.2. The fourth-order valence-corrected chi connectivity index (χ4v) is 2.20. The van der Waals surface area contributed by atoms with Gasteiger partial charge in [0.05, 0.1) is 0 Å². The van der Waals surface area contributed by atoms with Gasteiger partial charge in [0.25, 0.3) is 0 Å². The fourth-order valence-electron chi connectivity index (χ4n) is 1.71. The van der Waals surface area contributed by atoms with Gasteiger partial charge in [-0.15, -0.1) is 0 Å². The number of carbonyl (C=O) groups excluding carboxylic acids is 1. The first-order valence-electron chi connectivity index (χ1n) is 6.40. The molecule has 1 N–H and O–H groups in total. The first-order chi connectivity index (χ1) is 9.78. The molecule has 0 aliphatic carbocycles. The van der Waals surface area contributed by atoms with Gasteiger partial charge in [-0.05, 0) is 17.7 Å². The van der Waals surface area contributed by atoms with E-state index in [1.54, 1.807) is 0 Å². The molecule has 4 heteroatoms. The maximum atomic E-state index is 11.5. The highest BCUT2D eigenvalue weighted by Gasteiger charge is 2.02. The van der Waals surface area contributed by atoms with Gasteiger partial charge in [-0.25, -0.2) is 0 Å². The maximum absolute atomic E-state index is 11.5. The van der Waals surface area contributed by atoms with Crippen molar-refractivity contribution in [2.24, 2.45) is 0 Å². The molecule has 0 unspecified atom stereocenters. The van der Waals surface area contributed by atoms with Gasteiger partial charge in [0.1, 0.15) is 12.4 Å². The topological polar surface area (TPSA) is 38.3 Å². The number of carbonyl (C=O) groups is 1. The van der Waals surface area contributed by atoms with Gasteiger partial charge in [0.15, 0.2) is 0 Å². The molecule has 1 amide bonds. The van der Waals surface area contributed by atoms with Gasteiger partial charge >= 0.3 is 0 Å². The third kappa shape index (κ3) is 4.85. The number of ether oxygens (including phenoxy) is 1. The van der Waals surface area contributed by atoms with Crippen LogP contribution in [0, 0.1) is 0 Å². The third-order valence-corrected chi connectivity index (χ3v) is 3.23. The van der Waals surface area contributed by atoms with Crippen molar-refractivity contribution >= 4 is 34.2 Å². The lowest BCUT2D eigenvalue weighted by Crippen LogP contribution is -2.11. The number of anilines is 1. The van der Waals surface area contributed by atoms with Gasteiger partial charge in [-0.3, -0.25) is 4.79 Å². The van der Waals surface area contributed by atoms with Crippen LogP contribution in [0.5, 0.6) is 5.75 Å². The molecular weight excluding hydrogens is 365 g/mol. The standard InChI is InChI=1S/C16H16INO2/c17-10-9-16(19)18-14-7-4-8-15(11-14)20-12-13-5-2-1-3-6-13/h1-8,11H,9-10,12H2,(H,18,19). The van der Waals surface area contributed by atoms with Crippen LogP contribution in [0.3, 0.4) is 0 Å². The summed E-state index contributed by atoms with van der Waals surface area (Å²) in [5.74, 6) is 0.778. The van der Waals surface area contributed by atoms with Crippen LogP contribution < -0.4 is 10.1 Å². The molecule has 0 fully saturated rings. The number of rotatable bonds is 6. The van der Waals surface area contributed by atoms with E-state index in [0.29, 0.717) is 13.0 Å². The van der Waals surface area contributed by atoms with E-state index in [-0.39, 0.29) is 5.91 Å². The van der Waals surface area contributed by atoms with Crippen molar-refractivity contribution in [3.63, 3.8) is 0 Å². The summed E-state index contributed by atoms with van der Waals surface area (Å²) in [6.07, 6.45) is 0.523. The number of amides is 1. The van der Waals surface area contributed by atoms with E-state index < -0.39 is 0 Å². The van der Waals surface area contributed by atoms with Crippen molar-refractivity contribution in [3.05, 3.63) is 60.2 Å². The van der Waals surface area contributed by atoms with Crippen LogP contribution in [0.15, 0.2) is 54.6 Å². The van der Waals surface area contributed by atoms with Crippen LogP contribution in [0.1, 0.15) is 12.0 Å². The second-order valence-electron chi connectivity index (χ2n) is 4.29. The van der Waals surface area contributed by atoms with Crippen LogP contribution in [0.25, 0.3) is 0 Å². The molecular formula is C16H16INO2. The molecule has 0 radical (unpaired) electrons. The number of benzene rings is 2. The Labute approximate surface area is 132 Å². The summed E-state index contributed by atoms with van der Waals surface area (Å²) in [5, 5.41) is 2.86. The summed E-state index contributed by atoms with van der Waals surface area (Å²) in [7, 11) is 0. The van der Waals surface area contributed by atoms with Crippen LogP contribution in [-0.4, -0.2) is 10.3 Å². The fraction of sp³-hybridized carbons (Fsp3) is 0.188. The monoisotopic (exact) mass is 381 g/mol. The lowest BCUT2D eigenvalue weighted by Gasteiger charge is -2.09. The van der Waals surface area contributed by atoms with Gasteiger partial charge in [-0.2, -0.15) is 0 Å². The maximum Gasteiger partial charge on any atom is 0.225 e. The molecule has 0 aliphatic heterocycles. The van der Waals surface area contributed by atoms with Crippen molar-refractivity contribution in [3.8, 4) is 5.75 Å². The lowest BCUT2D eigenvalue weighted by molar-refractivity contribution is -0.115. The average molecular weight is 381 g/mol. The number of hydrogen-bond acceptors (Lipinski definition) is 2. The van der Waals surface area contributed by atoms with Gasteiger partial charge in [-0.1, -0.05) is 59.0 Å². The summed E-state index contributed by atoms with van der Waals surface area (Å²) < 4.78 is 6.53. The van der Waals surface area contributed by atoms with E-state index in [0.717, 1.165) is 21.4 Å². The summed E-state index contributed by atoms with van der Waals surface area (Å²) in [6, 6.07) is 17.5. The molecule has 3 nitrogen and oxygen atoms in total. The molecule has 2 aromatic rings. The molecule has 104 valence electrons. The molecule has 0 spiro atoms. The summed E-state index contributed by atoms with van der Waals surface area (Å²) in [4.78, 5) is 11.5. The van der Waals surface area contributed by atoms with E-state index in [2.05, 4.69) is 27.9 Å². The quantitative estimate of drug-likeness (QED) is 0.606. The average Bonchev–Trinajstić information content (AvgIpc) is 2.47. The molecule has 0 bridgehead atoms. The van der Waals surface area contributed by atoms with E-state index in [4.69, 9.17) is 4.74 Å². The highest BCUT2D eigenvalue weighted by atomic mass is 127. The predicted octanol–water partition coefficient (Wildman–Crippen LogP) is 4.03. The summed E-state index contributed by atoms with van der Waals surface area (Å²) in [6.45, 7) is 0.520. The number of alkyl halides is 1. The number of hydrogen-bond donors (Lipinski definition) is 1. The van der Waals surface area contributed by atoms with Crippen molar-refractivity contribution in [2.75, 3.05) is 9.74 Å². The van der Waals surface area contributed by atoms with E-state index in [1.165, 1.54) is 0 Å².